The second-order valence-corrected chi connectivity index (χ2v) is 3.86. The van der Waals surface area contributed by atoms with Crippen LogP contribution in [0.4, 0.5) is 0 Å². The molecule has 4 heteroatoms. The van der Waals surface area contributed by atoms with E-state index in [1.807, 2.05) is 13.0 Å². The fourth-order valence-corrected chi connectivity index (χ4v) is 1.89. The van der Waals surface area contributed by atoms with Crippen LogP contribution in [0.3, 0.4) is 0 Å². The highest BCUT2D eigenvalue weighted by Gasteiger charge is 2.38. The first-order valence-corrected chi connectivity index (χ1v) is 5.25. The van der Waals surface area contributed by atoms with Crippen molar-refractivity contribution >= 4 is 5.97 Å². The van der Waals surface area contributed by atoms with Gasteiger partial charge >= 0.3 is 5.97 Å². The maximum absolute atomic E-state index is 11.6. The molecule has 4 atom stereocenters. The van der Waals surface area contributed by atoms with Crippen molar-refractivity contribution in [2.45, 2.75) is 20.0 Å². The van der Waals surface area contributed by atoms with Gasteiger partial charge in [-0.05, 0) is 12.8 Å². The number of carbonyl (C=O) groups is 1. The fourth-order valence-electron chi connectivity index (χ4n) is 1.89. The quantitative estimate of drug-likeness (QED) is 0.525. The SMILES string of the molecule is CCOC(=O)[C@H]1[C@@H](O)[C@@H](CO)C=C[C@H]1C. The van der Waals surface area contributed by atoms with Crippen LogP contribution in [0.2, 0.25) is 0 Å². The Hall–Kier alpha value is -0.870. The molecule has 0 unspecified atom stereocenters. The molecular weight excluding hydrogens is 196 g/mol. The van der Waals surface area contributed by atoms with Gasteiger partial charge < -0.3 is 14.9 Å². The van der Waals surface area contributed by atoms with Crippen molar-refractivity contribution < 1.29 is 19.7 Å². The van der Waals surface area contributed by atoms with Gasteiger partial charge in [0.2, 0.25) is 0 Å². The highest BCUT2D eigenvalue weighted by atomic mass is 16.5. The number of esters is 1. The van der Waals surface area contributed by atoms with Gasteiger partial charge in [0.1, 0.15) is 0 Å². The average Bonchev–Trinajstić information content (AvgIpc) is 2.18. The molecule has 0 aromatic carbocycles. The molecule has 0 saturated heterocycles. The third-order valence-corrected chi connectivity index (χ3v) is 2.80. The van der Waals surface area contributed by atoms with Crippen LogP contribution in [0.5, 0.6) is 0 Å². The summed E-state index contributed by atoms with van der Waals surface area (Å²) >= 11 is 0. The summed E-state index contributed by atoms with van der Waals surface area (Å²) in [6.07, 6.45) is 2.74. The molecule has 0 spiro atoms. The Labute approximate surface area is 89.6 Å². The molecule has 0 aliphatic heterocycles. The second kappa shape index (κ2) is 5.28. The summed E-state index contributed by atoms with van der Waals surface area (Å²) in [6.45, 7) is 3.74. The lowest BCUT2D eigenvalue weighted by Crippen LogP contribution is -2.42. The Morgan fingerprint density at radius 1 is 1.47 bits per heavy atom. The first-order valence-electron chi connectivity index (χ1n) is 5.25. The maximum Gasteiger partial charge on any atom is 0.312 e. The highest BCUT2D eigenvalue weighted by molar-refractivity contribution is 5.74. The van der Waals surface area contributed by atoms with Crippen LogP contribution in [0.15, 0.2) is 12.2 Å². The second-order valence-electron chi connectivity index (χ2n) is 3.86. The van der Waals surface area contributed by atoms with Gasteiger partial charge in [-0.15, -0.1) is 0 Å². The third-order valence-electron chi connectivity index (χ3n) is 2.80. The van der Waals surface area contributed by atoms with Gasteiger partial charge in [0.25, 0.3) is 0 Å². The van der Waals surface area contributed by atoms with Gasteiger partial charge in [-0.2, -0.15) is 0 Å². The first-order chi connectivity index (χ1) is 7.11. The Kier molecular flexibility index (Phi) is 4.29. The van der Waals surface area contributed by atoms with E-state index in [2.05, 4.69) is 0 Å². The van der Waals surface area contributed by atoms with Gasteiger partial charge in [-0.3, -0.25) is 4.79 Å². The van der Waals surface area contributed by atoms with E-state index in [1.54, 1.807) is 13.0 Å². The minimum atomic E-state index is -0.853. The molecule has 0 aromatic heterocycles. The van der Waals surface area contributed by atoms with Crippen molar-refractivity contribution in [3.8, 4) is 0 Å². The lowest BCUT2D eigenvalue weighted by Gasteiger charge is -2.32. The summed E-state index contributed by atoms with van der Waals surface area (Å²) in [7, 11) is 0. The topological polar surface area (TPSA) is 66.8 Å². The number of carbonyl (C=O) groups excluding carboxylic acids is 1. The molecule has 86 valence electrons. The fraction of sp³-hybridized carbons (Fsp3) is 0.727. The van der Waals surface area contributed by atoms with Crippen molar-refractivity contribution in [1.29, 1.82) is 0 Å². The Morgan fingerprint density at radius 2 is 2.13 bits per heavy atom. The van der Waals surface area contributed by atoms with Gasteiger partial charge in [0.05, 0.1) is 25.2 Å². The molecule has 4 nitrogen and oxygen atoms in total. The van der Waals surface area contributed by atoms with E-state index >= 15 is 0 Å². The van der Waals surface area contributed by atoms with Gasteiger partial charge in [-0.25, -0.2) is 0 Å². The number of ether oxygens (including phenoxy) is 1. The van der Waals surface area contributed by atoms with E-state index in [9.17, 15) is 9.90 Å². The predicted molar refractivity (Wildman–Crippen MR) is 55.0 cm³/mol. The lowest BCUT2D eigenvalue weighted by molar-refractivity contribution is -0.155. The average molecular weight is 214 g/mol. The summed E-state index contributed by atoms with van der Waals surface area (Å²) in [5.74, 6) is -1.37. The number of hydrogen-bond donors (Lipinski definition) is 2. The largest absolute Gasteiger partial charge is 0.466 e. The van der Waals surface area contributed by atoms with Gasteiger partial charge in [-0.1, -0.05) is 19.1 Å². The standard InChI is InChI=1S/C11H18O4/c1-3-15-11(14)9-7(2)4-5-8(6-12)10(9)13/h4-5,7-10,12-13H,3,6H2,1-2H3/t7-,8-,9-,10+/m1/s1. The molecular formula is C11H18O4. The van der Waals surface area contributed by atoms with E-state index in [0.717, 1.165) is 0 Å². The zero-order valence-electron chi connectivity index (χ0n) is 9.09. The zero-order valence-corrected chi connectivity index (χ0v) is 9.09. The number of rotatable bonds is 3. The summed E-state index contributed by atoms with van der Waals surface area (Å²) in [5.41, 5.74) is 0. The molecule has 2 N–H and O–H groups in total. The molecule has 0 radical (unpaired) electrons. The molecule has 15 heavy (non-hydrogen) atoms. The molecule has 0 heterocycles. The summed E-state index contributed by atoms with van der Waals surface area (Å²) in [5, 5.41) is 18.9. The molecule has 0 aromatic rings. The summed E-state index contributed by atoms with van der Waals surface area (Å²) in [6, 6.07) is 0. The predicted octanol–water partition coefficient (Wildman–Crippen LogP) is 0.341. The van der Waals surface area contributed by atoms with Crippen molar-refractivity contribution in [2.75, 3.05) is 13.2 Å². The maximum atomic E-state index is 11.6. The number of allylic oxidation sites excluding steroid dienone is 1. The van der Waals surface area contributed by atoms with Crippen molar-refractivity contribution in [2.24, 2.45) is 17.8 Å². The van der Waals surface area contributed by atoms with Crippen LogP contribution in [0.1, 0.15) is 13.8 Å². The first kappa shape index (κ1) is 12.2. The Morgan fingerprint density at radius 3 is 2.67 bits per heavy atom. The molecule has 1 aliphatic carbocycles. The van der Waals surface area contributed by atoms with Gasteiger partial charge in [0, 0.05) is 5.92 Å². The van der Waals surface area contributed by atoms with Gasteiger partial charge in [0.15, 0.2) is 0 Å². The van der Waals surface area contributed by atoms with Crippen molar-refractivity contribution in [3.05, 3.63) is 12.2 Å². The summed E-state index contributed by atoms with van der Waals surface area (Å²) < 4.78 is 4.90. The molecule has 1 rings (SSSR count). The Balaban J connectivity index is 2.77. The highest BCUT2D eigenvalue weighted by Crippen LogP contribution is 2.29. The van der Waals surface area contributed by atoms with E-state index in [-0.39, 0.29) is 24.4 Å². The molecule has 0 fully saturated rings. The van der Waals surface area contributed by atoms with Crippen LogP contribution in [-0.2, 0) is 9.53 Å². The van der Waals surface area contributed by atoms with Crippen LogP contribution in [-0.4, -0.2) is 35.5 Å². The minimum Gasteiger partial charge on any atom is -0.466 e. The summed E-state index contributed by atoms with van der Waals surface area (Å²) in [4.78, 5) is 11.6. The number of aliphatic hydroxyl groups is 2. The molecule has 0 saturated carbocycles. The molecule has 0 bridgehead atoms. The van der Waals surface area contributed by atoms with Crippen molar-refractivity contribution in [3.63, 3.8) is 0 Å². The van der Waals surface area contributed by atoms with Crippen LogP contribution >= 0.6 is 0 Å². The minimum absolute atomic E-state index is 0.0538. The van der Waals surface area contributed by atoms with Crippen LogP contribution < -0.4 is 0 Å². The van der Waals surface area contributed by atoms with E-state index < -0.39 is 12.0 Å². The molecule has 0 amide bonds. The van der Waals surface area contributed by atoms with E-state index in [0.29, 0.717) is 6.61 Å². The monoisotopic (exact) mass is 214 g/mol. The number of aliphatic hydroxyl groups excluding tert-OH is 2. The smallest absolute Gasteiger partial charge is 0.312 e. The normalized spacial score (nSPS) is 35.2. The van der Waals surface area contributed by atoms with Crippen LogP contribution in [0.25, 0.3) is 0 Å². The molecule has 1 aliphatic rings. The van der Waals surface area contributed by atoms with E-state index in [1.165, 1.54) is 0 Å². The Bertz CT molecular complexity index is 249. The third kappa shape index (κ3) is 2.58. The van der Waals surface area contributed by atoms with E-state index in [4.69, 9.17) is 9.84 Å². The lowest BCUT2D eigenvalue weighted by atomic mass is 9.77. The number of hydrogen-bond acceptors (Lipinski definition) is 4. The van der Waals surface area contributed by atoms with Crippen LogP contribution in [0, 0.1) is 17.8 Å². The zero-order chi connectivity index (χ0) is 11.4. The van der Waals surface area contributed by atoms with Crippen molar-refractivity contribution in [1.82, 2.24) is 0 Å².